The Hall–Kier alpha value is -1.95. The SMILES string of the molecule is CCNC(=NCC1CCN(c2ccccc2OC)C1)N1CC[C@@H](O)C1. The first kappa shape index (κ1) is 17.9. The van der Waals surface area contributed by atoms with Crippen molar-refractivity contribution in [1.82, 2.24) is 10.2 Å². The van der Waals surface area contributed by atoms with Gasteiger partial charge in [0, 0.05) is 39.3 Å². The number of guanidine groups is 1. The molecule has 0 bridgehead atoms. The van der Waals surface area contributed by atoms with E-state index in [0.717, 1.165) is 57.3 Å². The molecule has 2 aliphatic rings. The summed E-state index contributed by atoms with van der Waals surface area (Å²) in [5.74, 6) is 2.42. The lowest BCUT2D eigenvalue weighted by Gasteiger charge is -2.22. The standard InChI is InChI=1S/C19H30N4O2/c1-3-20-19(23-11-9-16(24)14-23)21-12-15-8-10-22(13-15)17-6-4-5-7-18(17)25-2/h4-7,15-16,24H,3,8-14H2,1-2H3,(H,20,21)/t15?,16-/m1/s1. The molecule has 2 heterocycles. The predicted molar refractivity (Wildman–Crippen MR) is 101 cm³/mol. The molecule has 6 heteroatoms. The zero-order valence-corrected chi connectivity index (χ0v) is 15.3. The Morgan fingerprint density at radius 3 is 2.84 bits per heavy atom. The van der Waals surface area contributed by atoms with Crippen LogP contribution in [-0.4, -0.2) is 68.4 Å². The Morgan fingerprint density at radius 2 is 2.12 bits per heavy atom. The number of nitrogens with zero attached hydrogens (tertiary/aromatic N) is 3. The number of hydrogen-bond donors (Lipinski definition) is 2. The molecule has 1 aromatic carbocycles. The largest absolute Gasteiger partial charge is 0.495 e. The van der Waals surface area contributed by atoms with Gasteiger partial charge in [-0.15, -0.1) is 0 Å². The maximum atomic E-state index is 9.76. The maximum absolute atomic E-state index is 9.76. The van der Waals surface area contributed by atoms with E-state index in [1.807, 2.05) is 12.1 Å². The summed E-state index contributed by atoms with van der Waals surface area (Å²) in [6.07, 6.45) is 1.75. The van der Waals surface area contributed by atoms with Crippen molar-refractivity contribution in [3.05, 3.63) is 24.3 Å². The van der Waals surface area contributed by atoms with Crippen LogP contribution in [0.25, 0.3) is 0 Å². The van der Waals surface area contributed by atoms with Gasteiger partial charge in [0.15, 0.2) is 5.96 Å². The van der Waals surface area contributed by atoms with E-state index in [0.29, 0.717) is 12.5 Å². The molecular weight excluding hydrogens is 316 g/mol. The van der Waals surface area contributed by atoms with Gasteiger partial charge in [0.2, 0.25) is 0 Å². The highest BCUT2D eigenvalue weighted by Gasteiger charge is 2.26. The van der Waals surface area contributed by atoms with Gasteiger partial charge < -0.3 is 25.0 Å². The monoisotopic (exact) mass is 346 g/mol. The molecule has 2 fully saturated rings. The highest BCUT2D eigenvalue weighted by molar-refractivity contribution is 5.80. The number of methoxy groups -OCH3 is 1. The van der Waals surface area contributed by atoms with Crippen LogP contribution in [0.1, 0.15) is 19.8 Å². The second-order valence-corrected chi connectivity index (χ2v) is 6.86. The second kappa shape index (κ2) is 8.43. The number of aliphatic imine (C=N–C) groups is 1. The Kier molecular flexibility index (Phi) is 6.02. The first-order valence-corrected chi connectivity index (χ1v) is 9.30. The summed E-state index contributed by atoms with van der Waals surface area (Å²) < 4.78 is 5.49. The van der Waals surface area contributed by atoms with Crippen LogP contribution in [0.3, 0.4) is 0 Å². The van der Waals surface area contributed by atoms with Crippen molar-refractivity contribution < 1.29 is 9.84 Å². The molecule has 2 aliphatic heterocycles. The van der Waals surface area contributed by atoms with Crippen LogP contribution in [0.15, 0.2) is 29.3 Å². The molecule has 6 nitrogen and oxygen atoms in total. The van der Waals surface area contributed by atoms with Crippen LogP contribution in [0.2, 0.25) is 0 Å². The Morgan fingerprint density at radius 1 is 1.28 bits per heavy atom. The van der Waals surface area contributed by atoms with Gasteiger partial charge in [-0.25, -0.2) is 0 Å². The molecule has 2 N–H and O–H groups in total. The van der Waals surface area contributed by atoms with E-state index in [4.69, 9.17) is 9.73 Å². The number of nitrogens with one attached hydrogen (secondary N) is 1. The minimum Gasteiger partial charge on any atom is -0.495 e. The summed E-state index contributed by atoms with van der Waals surface area (Å²) >= 11 is 0. The van der Waals surface area contributed by atoms with Crippen molar-refractivity contribution in [2.75, 3.05) is 51.3 Å². The average Bonchev–Trinajstić information content (AvgIpc) is 3.27. The van der Waals surface area contributed by atoms with E-state index >= 15 is 0 Å². The average molecular weight is 346 g/mol. The molecule has 3 rings (SSSR count). The smallest absolute Gasteiger partial charge is 0.194 e. The molecule has 138 valence electrons. The van der Waals surface area contributed by atoms with Crippen LogP contribution in [0.5, 0.6) is 5.75 Å². The van der Waals surface area contributed by atoms with Crippen molar-refractivity contribution in [1.29, 1.82) is 0 Å². The minimum atomic E-state index is -0.226. The maximum Gasteiger partial charge on any atom is 0.194 e. The molecule has 25 heavy (non-hydrogen) atoms. The van der Waals surface area contributed by atoms with Gasteiger partial charge in [-0.3, -0.25) is 4.99 Å². The topological polar surface area (TPSA) is 60.3 Å². The van der Waals surface area contributed by atoms with Gasteiger partial charge in [0.1, 0.15) is 5.75 Å². The number of likely N-dealkylation sites (tertiary alicyclic amines) is 1. The lowest BCUT2D eigenvalue weighted by Crippen LogP contribution is -2.40. The normalized spacial score (nSPS) is 24.0. The molecular formula is C19H30N4O2. The molecule has 0 aliphatic carbocycles. The van der Waals surface area contributed by atoms with Gasteiger partial charge >= 0.3 is 0 Å². The second-order valence-electron chi connectivity index (χ2n) is 6.86. The van der Waals surface area contributed by atoms with Crippen molar-refractivity contribution in [3.63, 3.8) is 0 Å². The zero-order valence-electron chi connectivity index (χ0n) is 15.3. The number of benzene rings is 1. The number of anilines is 1. The van der Waals surface area contributed by atoms with Gasteiger partial charge in [0.25, 0.3) is 0 Å². The number of β-amino-alcohol motifs (C(OH)–C–C–N with tert-alkyl or cyclic N) is 1. The summed E-state index contributed by atoms with van der Waals surface area (Å²) in [6.45, 7) is 7.37. The van der Waals surface area contributed by atoms with E-state index < -0.39 is 0 Å². The fraction of sp³-hybridized carbons (Fsp3) is 0.632. The molecule has 0 saturated carbocycles. The number of rotatable bonds is 5. The number of aliphatic hydroxyl groups is 1. The van der Waals surface area contributed by atoms with E-state index in [1.54, 1.807) is 7.11 Å². The molecule has 1 aromatic rings. The van der Waals surface area contributed by atoms with Crippen LogP contribution >= 0.6 is 0 Å². The third kappa shape index (κ3) is 4.37. The van der Waals surface area contributed by atoms with Gasteiger partial charge in [-0.1, -0.05) is 12.1 Å². The molecule has 2 saturated heterocycles. The number of para-hydroxylation sites is 2. The Bertz CT molecular complexity index is 593. The van der Waals surface area contributed by atoms with E-state index in [-0.39, 0.29) is 6.10 Å². The lowest BCUT2D eigenvalue weighted by atomic mass is 10.1. The molecule has 2 atom stereocenters. The summed E-state index contributed by atoms with van der Waals surface area (Å²) in [5, 5.41) is 13.1. The minimum absolute atomic E-state index is 0.226. The van der Waals surface area contributed by atoms with Crippen LogP contribution in [-0.2, 0) is 0 Å². The summed E-state index contributed by atoms with van der Waals surface area (Å²) in [7, 11) is 1.73. The number of ether oxygens (including phenoxy) is 1. The van der Waals surface area contributed by atoms with Crippen molar-refractivity contribution in [2.24, 2.45) is 10.9 Å². The van der Waals surface area contributed by atoms with Crippen molar-refractivity contribution in [2.45, 2.75) is 25.9 Å². The molecule has 0 aromatic heterocycles. The first-order chi connectivity index (χ1) is 12.2. The van der Waals surface area contributed by atoms with Crippen molar-refractivity contribution in [3.8, 4) is 5.75 Å². The van der Waals surface area contributed by atoms with Crippen LogP contribution in [0, 0.1) is 5.92 Å². The van der Waals surface area contributed by atoms with E-state index in [2.05, 4.69) is 34.2 Å². The molecule has 0 spiro atoms. The summed E-state index contributed by atoms with van der Waals surface area (Å²) in [4.78, 5) is 9.41. The highest BCUT2D eigenvalue weighted by atomic mass is 16.5. The fourth-order valence-corrected chi connectivity index (χ4v) is 3.67. The Labute approximate surface area is 150 Å². The fourth-order valence-electron chi connectivity index (χ4n) is 3.67. The zero-order chi connectivity index (χ0) is 17.6. The number of aliphatic hydroxyl groups excluding tert-OH is 1. The van der Waals surface area contributed by atoms with Crippen molar-refractivity contribution >= 4 is 11.6 Å². The first-order valence-electron chi connectivity index (χ1n) is 9.30. The third-order valence-corrected chi connectivity index (χ3v) is 5.01. The van der Waals surface area contributed by atoms with Gasteiger partial charge in [0.05, 0.1) is 18.9 Å². The van der Waals surface area contributed by atoms with E-state index in [9.17, 15) is 5.11 Å². The predicted octanol–water partition coefficient (Wildman–Crippen LogP) is 1.55. The van der Waals surface area contributed by atoms with Crippen LogP contribution in [0.4, 0.5) is 5.69 Å². The molecule has 0 radical (unpaired) electrons. The van der Waals surface area contributed by atoms with E-state index in [1.165, 1.54) is 5.69 Å². The Balaban J connectivity index is 1.60. The summed E-state index contributed by atoms with van der Waals surface area (Å²) in [5.41, 5.74) is 1.17. The third-order valence-electron chi connectivity index (χ3n) is 5.01. The highest BCUT2D eigenvalue weighted by Crippen LogP contribution is 2.32. The summed E-state index contributed by atoms with van der Waals surface area (Å²) in [6, 6.07) is 8.21. The lowest BCUT2D eigenvalue weighted by molar-refractivity contribution is 0.187. The molecule has 0 amide bonds. The number of hydrogen-bond acceptors (Lipinski definition) is 4. The quantitative estimate of drug-likeness (QED) is 0.626. The van der Waals surface area contributed by atoms with Gasteiger partial charge in [-0.2, -0.15) is 0 Å². The van der Waals surface area contributed by atoms with Crippen LogP contribution < -0.4 is 15.0 Å². The van der Waals surface area contributed by atoms with Gasteiger partial charge in [-0.05, 0) is 37.8 Å². The molecule has 1 unspecified atom stereocenters.